The molecule has 0 aliphatic carbocycles. The van der Waals surface area contributed by atoms with Crippen molar-refractivity contribution in [2.75, 3.05) is 13.2 Å². The first-order chi connectivity index (χ1) is 14.1. The first-order valence-electron chi connectivity index (χ1n) is 10.0. The summed E-state index contributed by atoms with van der Waals surface area (Å²) in [5, 5.41) is 20.2. The molecule has 3 atom stereocenters. The van der Waals surface area contributed by atoms with Gasteiger partial charge < -0.3 is 24.3 Å². The number of hydrogen-bond donors (Lipinski definition) is 2. The Balaban J connectivity index is 1.69. The topological polar surface area (TPSA) is 63.9 Å². The van der Waals surface area contributed by atoms with Gasteiger partial charge in [-0.3, -0.25) is 0 Å². The maximum absolute atomic E-state index is 14.8. The Labute approximate surface area is 169 Å². The van der Waals surface area contributed by atoms with Gasteiger partial charge >= 0.3 is 0 Å². The number of nitrogens with zero attached hydrogens (tertiary/aromatic N) is 1. The number of benzene rings is 2. The van der Waals surface area contributed by atoms with Crippen LogP contribution >= 0.6 is 0 Å². The van der Waals surface area contributed by atoms with Crippen molar-refractivity contribution in [3.05, 3.63) is 65.6 Å². The van der Waals surface area contributed by atoms with Gasteiger partial charge in [0.25, 0.3) is 0 Å². The van der Waals surface area contributed by atoms with Crippen LogP contribution in [0.5, 0.6) is 5.75 Å². The molecule has 5 nitrogen and oxygen atoms in total. The van der Waals surface area contributed by atoms with E-state index in [1.54, 1.807) is 6.07 Å². The maximum Gasteiger partial charge on any atom is 0.132 e. The molecule has 0 amide bonds. The zero-order valence-corrected chi connectivity index (χ0v) is 16.4. The van der Waals surface area contributed by atoms with Gasteiger partial charge in [0.05, 0.1) is 37.0 Å². The molecular weight excluding hydrogens is 373 g/mol. The number of aromatic nitrogens is 1. The number of ether oxygens (including phenoxy) is 2. The van der Waals surface area contributed by atoms with Crippen LogP contribution in [0.25, 0.3) is 10.9 Å². The van der Waals surface area contributed by atoms with Crippen molar-refractivity contribution in [1.29, 1.82) is 0 Å². The average molecular weight is 399 g/mol. The fraction of sp³-hybridized carbons (Fsp3) is 0.391. The van der Waals surface area contributed by atoms with Gasteiger partial charge in [0.15, 0.2) is 0 Å². The van der Waals surface area contributed by atoms with Gasteiger partial charge in [-0.05, 0) is 36.8 Å². The van der Waals surface area contributed by atoms with Crippen molar-refractivity contribution < 1.29 is 24.1 Å². The number of aliphatic hydroxyl groups excluding tert-OH is 2. The SMILES string of the molecule is CCOc1ccc(Cn2cc([C@H]3C[C@@H](O)C[C@@H](CO)O3)c3c(F)cccc32)cc1. The Bertz CT molecular complexity index is 969. The van der Waals surface area contributed by atoms with E-state index in [1.807, 2.05) is 48.0 Å². The lowest BCUT2D eigenvalue weighted by Crippen LogP contribution is -2.33. The Morgan fingerprint density at radius 3 is 2.69 bits per heavy atom. The second-order valence-electron chi connectivity index (χ2n) is 7.48. The molecule has 1 saturated heterocycles. The Morgan fingerprint density at radius 1 is 1.17 bits per heavy atom. The van der Waals surface area contributed by atoms with E-state index < -0.39 is 18.3 Å². The van der Waals surface area contributed by atoms with Crippen LogP contribution < -0.4 is 4.74 Å². The highest BCUT2D eigenvalue weighted by Gasteiger charge is 2.31. The summed E-state index contributed by atoms with van der Waals surface area (Å²) in [5.74, 6) is 0.507. The summed E-state index contributed by atoms with van der Waals surface area (Å²) < 4.78 is 28.2. The molecule has 3 aromatic rings. The van der Waals surface area contributed by atoms with Crippen molar-refractivity contribution >= 4 is 10.9 Å². The van der Waals surface area contributed by atoms with Crippen LogP contribution in [0.4, 0.5) is 4.39 Å². The monoisotopic (exact) mass is 399 g/mol. The lowest BCUT2D eigenvalue weighted by atomic mass is 9.96. The number of fused-ring (bicyclic) bond motifs is 1. The molecule has 0 saturated carbocycles. The van der Waals surface area contributed by atoms with Crippen LogP contribution in [0.2, 0.25) is 0 Å². The first kappa shape index (κ1) is 19.9. The minimum atomic E-state index is -0.581. The van der Waals surface area contributed by atoms with Crippen LogP contribution in [0.15, 0.2) is 48.7 Å². The summed E-state index contributed by atoms with van der Waals surface area (Å²) in [7, 11) is 0. The van der Waals surface area contributed by atoms with Crippen LogP contribution in [0.1, 0.15) is 37.0 Å². The van der Waals surface area contributed by atoms with Crippen LogP contribution in [0, 0.1) is 5.82 Å². The van der Waals surface area contributed by atoms with E-state index in [0.29, 0.717) is 36.9 Å². The molecule has 1 aliphatic rings. The standard InChI is InChI=1S/C23H26FNO4/c1-2-28-17-8-6-15(7-9-17)12-25-13-19(23-20(24)4-3-5-21(23)25)22-11-16(27)10-18(14-26)29-22/h3-9,13,16,18,22,26-27H,2,10-12,14H2,1H3/t16-,18-,22+/m0/s1. The minimum Gasteiger partial charge on any atom is -0.494 e. The Hall–Kier alpha value is -2.41. The molecule has 2 N–H and O–H groups in total. The summed E-state index contributed by atoms with van der Waals surface area (Å²) in [6.07, 6.45) is 1.19. The van der Waals surface area contributed by atoms with Gasteiger partial charge in [-0.15, -0.1) is 0 Å². The van der Waals surface area contributed by atoms with Crippen molar-refractivity contribution in [3.8, 4) is 5.75 Å². The second-order valence-corrected chi connectivity index (χ2v) is 7.48. The molecule has 2 aromatic carbocycles. The number of halogens is 1. The van der Waals surface area contributed by atoms with Crippen LogP contribution in [-0.2, 0) is 11.3 Å². The summed E-state index contributed by atoms with van der Waals surface area (Å²) in [4.78, 5) is 0. The molecule has 0 radical (unpaired) electrons. The van der Waals surface area contributed by atoms with E-state index in [9.17, 15) is 14.6 Å². The molecule has 0 bridgehead atoms. The van der Waals surface area contributed by atoms with Gasteiger partial charge in [0.1, 0.15) is 11.6 Å². The molecule has 2 heterocycles. The highest BCUT2D eigenvalue weighted by molar-refractivity contribution is 5.85. The molecular formula is C23H26FNO4. The summed E-state index contributed by atoms with van der Waals surface area (Å²) >= 11 is 0. The molecule has 1 aliphatic heterocycles. The molecule has 29 heavy (non-hydrogen) atoms. The van der Waals surface area contributed by atoms with Gasteiger partial charge in [-0.2, -0.15) is 0 Å². The zero-order valence-electron chi connectivity index (χ0n) is 16.4. The van der Waals surface area contributed by atoms with E-state index in [-0.39, 0.29) is 12.4 Å². The van der Waals surface area contributed by atoms with E-state index in [2.05, 4.69) is 0 Å². The summed E-state index contributed by atoms with van der Waals surface area (Å²) in [6, 6.07) is 12.9. The third-order valence-corrected chi connectivity index (χ3v) is 5.40. The van der Waals surface area contributed by atoms with E-state index >= 15 is 0 Å². The highest BCUT2D eigenvalue weighted by Crippen LogP contribution is 2.37. The van der Waals surface area contributed by atoms with E-state index in [0.717, 1.165) is 16.8 Å². The van der Waals surface area contributed by atoms with Gasteiger partial charge in [-0.25, -0.2) is 4.39 Å². The summed E-state index contributed by atoms with van der Waals surface area (Å²) in [6.45, 7) is 2.97. The lowest BCUT2D eigenvalue weighted by Gasteiger charge is -2.32. The number of rotatable bonds is 6. The Kier molecular flexibility index (Phi) is 5.85. The zero-order chi connectivity index (χ0) is 20.4. The predicted molar refractivity (Wildman–Crippen MR) is 109 cm³/mol. The maximum atomic E-state index is 14.8. The smallest absolute Gasteiger partial charge is 0.132 e. The minimum absolute atomic E-state index is 0.166. The van der Waals surface area contributed by atoms with Crippen LogP contribution in [0.3, 0.4) is 0 Å². The van der Waals surface area contributed by atoms with E-state index in [1.165, 1.54) is 6.07 Å². The van der Waals surface area contributed by atoms with Crippen molar-refractivity contribution in [3.63, 3.8) is 0 Å². The Morgan fingerprint density at radius 2 is 1.97 bits per heavy atom. The highest BCUT2D eigenvalue weighted by atomic mass is 19.1. The lowest BCUT2D eigenvalue weighted by molar-refractivity contribution is -0.113. The number of hydrogen-bond acceptors (Lipinski definition) is 4. The third kappa shape index (κ3) is 4.15. The van der Waals surface area contributed by atoms with Crippen molar-refractivity contribution in [1.82, 2.24) is 4.57 Å². The average Bonchev–Trinajstić information content (AvgIpc) is 3.09. The fourth-order valence-corrected chi connectivity index (χ4v) is 4.08. The summed E-state index contributed by atoms with van der Waals surface area (Å²) in [5.41, 5.74) is 2.55. The molecule has 6 heteroatoms. The largest absolute Gasteiger partial charge is 0.494 e. The molecule has 0 spiro atoms. The normalized spacial score (nSPS) is 22.1. The van der Waals surface area contributed by atoms with Crippen LogP contribution in [-0.4, -0.2) is 40.2 Å². The molecule has 4 rings (SSSR count). The fourth-order valence-electron chi connectivity index (χ4n) is 4.08. The van der Waals surface area contributed by atoms with Gasteiger partial charge in [0.2, 0.25) is 0 Å². The molecule has 0 unspecified atom stereocenters. The van der Waals surface area contributed by atoms with Gasteiger partial charge in [-0.1, -0.05) is 18.2 Å². The molecule has 1 aromatic heterocycles. The quantitative estimate of drug-likeness (QED) is 0.662. The number of aliphatic hydroxyl groups is 2. The molecule has 1 fully saturated rings. The second kappa shape index (κ2) is 8.53. The van der Waals surface area contributed by atoms with Crippen molar-refractivity contribution in [2.45, 2.75) is 44.6 Å². The molecule has 154 valence electrons. The van der Waals surface area contributed by atoms with E-state index in [4.69, 9.17) is 9.47 Å². The predicted octanol–water partition coefficient (Wildman–Crippen LogP) is 3.80. The first-order valence-corrected chi connectivity index (χ1v) is 10.0. The third-order valence-electron chi connectivity index (χ3n) is 5.40. The van der Waals surface area contributed by atoms with Crippen molar-refractivity contribution in [2.24, 2.45) is 0 Å². The van der Waals surface area contributed by atoms with Gasteiger partial charge in [0, 0.05) is 36.5 Å².